The molecule has 31 heavy (non-hydrogen) atoms. The van der Waals surface area contributed by atoms with Gasteiger partial charge in [0.2, 0.25) is 0 Å². The predicted molar refractivity (Wildman–Crippen MR) is 116 cm³/mol. The topological polar surface area (TPSA) is 96.3 Å². The molecule has 0 saturated heterocycles. The van der Waals surface area contributed by atoms with E-state index in [1.165, 1.54) is 13.0 Å². The highest BCUT2D eigenvalue weighted by Gasteiger charge is 2.24. The fourth-order valence-corrected chi connectivity index (χ4v) is 2.92. The van der Waals surface area contributed by atoms with E-state index in [9.17, 15) is 14.4 Å². The quantitative estimate of drug-likeness (QED) is 0.481. The minimum absolute atomic E-state index is 0.0742. The Balaban J connectivity index is 1.76. The van der Waals surface area contributed by atoms with E-state index >= 15 is 0 Å². The summed E-state index contributed by atoms with van der Waals surface area (Å²) in [7, 11) is 0. The fraction of sp³-hybridized carbons (Fsp3) is 0.120. The second kappa shape index (κ2) is 9.51. The number of esters is 1. The third-order valence-electron chi connectivity index (χ3n) is 4.66. The second-order valence-electron chi connectivity index (χ2n) is 6.93. The highest BCUT2D eigenvalue weighted by Crippen LogP contribution is 2.18. The Hall–Kier alpha value is -4.24. The molecule has 0 bridgehead atoms. The molecular formula is C25H20N2O4. The summed E-state index contributed by atoms with van der Waals surface area (Å²) in [4.78, 5) is 38.1. The molecule has 0 aliphatic carbocycles. The number of hydrogen-bond donors (Lipinski definition) is 1. The molecule has 0 aliphatic heterocycles. The van der Waals surface area contributed by atoms with Gasteiger partial charge in [0.15, 0.2) is 11.9 Å². The molecule has 3 aromatic rings. The van der Waals surface area contributed by atoms with Crippen molar-refractivity contribution in [1.82, 2.24) is 0 Å². The Labute approximate surface area is 180 Å². The summed E-state index contributed by atoms with van der Waals surface area (Å²) in [6, 6.07) is 21.8. The van der Waals surface area contributed by atoms with Crippen LogP contribution in [0.25, 0.3) is 0 Å². The molecule has 1 atom stereocenters. The van der Waals surface area contributed by atoms with Crippen LogP contribution in [0.5, 0.6) is 0 Å². The van der Waals surface area contributed by atoms with E-state index in [0.29, 0.717) is 16.8 Å². The zero-order chi connectivity index (χ0) is 22.4. The molecule has 0 unspecified atom stereocenters. The van der Waals surface area contributed by atoms with Crippen molar-refractivity contribution < 1.29 is 19.1 Å². The first kappa shape index (κ1) is 21.5. The van der Waals surface area contributed by atoms with Crippen molar-refractivity contribution >= 4 is 23.3 Å². The maximum absolute atomic E-state index is 12.9. The molecule has 0 fully saturated rings. The predicted octanol–water partition coefficient (Wildman–Crippen LogP) is 4.28. The zero-order valence-corrected chi connectivity index (χ0v) is 17.1. The van der Waals surface area contributed by atoms with Crippen LogP contribution in [0, 0.1) is 18.3 Å². The van der Waals surface area contributed by atoms with Crippen molar-refractivity contribution in [3.63, 3.8) is 0 Å². The van der Waals surface area contributed by atoms with Gasteiger partial charge in [0, 0.05) is 11.1 Å². The number of carbonyl (C=O) groups is 3. The number of nitrogens with zero attached hydrogens (tertiary/aromatic N) is 1. The summed E-state index contributed by atoms with van der Waals surface area (Å²) in [5.41, 5.74) is 2.35. The Morgan fingerprint density at radius 2 is 1.52 bits per heavy atom. The Morgan fingerprint density at radius 3 is 2.19 bits per heavy atom. The Morgan fingerprint density at radius 1 is 0.903 bits per heavy atom. The van der Waals surface area contributed by atoms with E-state index < -0.39 is 18.0 Å². The molecule has 0 aliphatic rings. The van der Waals surface area contributed by atoms with Gasteiger partial charge in [-0.2, -0.15) is 5.26 Å². The molecule has 154 valence electrons. The van der Waals surface area contributed by atoms with E-state index in [1.54, 1.807) is 54.6 Å². The molecular weight excluding hydrogens is 392 g/mol. The van der Waals surface area contributed by atoms with Gasteiger partial charge in [-0.15, -0.1) is 0 Å². The first-order valence-corrected chi connectivity index (χ1v) is 9.62. The number of ether oxygens (including phenoxy) is 1. The van der Waals surface area contributed by atoms with Gasteiger partial charge in [-0.25, -0.2) is 4.79 Å². The Bertz CT molecular complexity index is 1180. The van der Waals surface area contributed by atoms with E-state index in [-0.39, 0.29) is 16.9 Å². The number of benzene rings is 3. The average Bonchev–Trinajstić information content (AvgIpc) is 2.79. The third-order valence-corrected chi connectivity index (χ3v) is 4.66. The van der Waals surface area contributed by atoms with E-state index in [1.807, 2.05) is 25.1 Å². The van der Waals surface area contributed by atoms with Crippen LogP contribution in [0.3, 0.4) is 0 Å². The molecule has 6 nitrogen and oxygen atoms in total. The van der Waals surface area contributed by atoms with Gasteiger partial charge < -0.3 is 10.1 Å². The number of carbonyl (C=O) groups excluding carboxylic acids is 3. The van der Waals surface area contributed by atoms with Crippen LogP contribution < -0.4 is 5.32 Å². The monoisotopic (exact) mass is 412 g/mol. The summed E-state index contributed by atoms with van der Waals surface area (Å²) in [5.74, 6) is -1.68. The molecule has 3 rings (SSSR count). The number of aryl methyl sites for hydroxylation is 1. The normalized spacial score (nSPS) is 11.1. The van der Waals surface area contributed by atoms with Crippen molar-refractivity contribution in [3.8, 4) is 6.07 Å². The number of hydrogen-bond acceptors (Lipinski definition) is 5. The van der Waals surface area contributed by atoms with Crippen molar-refractivity contribution in [2.45, 2.75) is 20.0 Å². The largest absolute Gasteiger partial charge is 0.449 e. The van der Waals surface area contributed by atoms with Crippen LogP contribution in [0.15, 0.2) is 72.8 Å². The van der Waals surface area contributed by atoms with Gasteiger partial charge in [0.05, 0.1) is 16.8 Å². The van der Waals surface area contributed by atoms with E-state index in [4.69, 9.17) is 10.00 Å². The molecule has 0 saturated carbocycles. The molecule has 0 aromatic heterocycles. The summed E-state index contributed by atoms with van der Waals surface area (Å²) in [6.07, 6.45) is -1.14. The highest BCUT2D eigenvalue weighted by molar-refractivity contribution is 6.14. The van der Waals surface area contributed by atoms with Gasteiger partial charge in [-0.1, -0.05) is 60.2 Å². The van der Waals surface area contributed by atoms with Gasteiger partial charge in [0.1, 0.15) is 6.07 Å². The van der Waals surface area contributed by atoms with Crippen molar-refractivity contribution in [2.75, 3.05) is 5.32 Å². The van der Waals surface area contributed by atoms with Crippen LogP contribution in [-0.4, -0.2) is 23.8 Å². The van der Waals surface area contributed by atoms with Crippen LogP contribution in [0.2, 0.25) is 0 Å². The Kier molecular flexibility index (Phi) is 6.58. The summed E-state index contributed by atoms with van der Waals surface area (Å²) in [6.45, 7) is 3.34. The van der Waals surface area contributed by atoms with E-state index in [0.717, 1.165) is 5.56 Å². The number of nitriles is 1. The summed E-state index contributed by atoms with van der Waals surface area (Å²) in [5, 5.41) is 11.7. The maximum atomic E-state index is 12.9. The number of amides is 1. The number of rotatable bonds is 6. The smallest absolute Gasteiger partial charge is 0.339 e. The molecule has 3 aromatic carbocycles. The van der Waals surface area contributed by atoms with Crippen molar-refractivity contribution in [3.05, 3.63) is 101 Å². The van der Waals surface area contributed by atoms with Crippen LogP contribution >= 0.6 is 0 Å². The van der Waals surface area contributed by atoms with Crippen LogP contribution in [0.1, 0.15) is 44.3 Å². The number of nitrogens with one attached hydrogen (secondary N) is 1. The second-order valence-corrected chi connectivity index (χ2v) is 6.93. The van der Waals surface area contributed by atoms with Crippen LogP contribution in [-0.2, 0) is 9.53 Å². The number of ketones is 1. The van der Waals surface area contributed by atoms with Crippen molar-refractivity contribution in [1.29, 1.82) is 5.26 Å². The molecule has 0 heterocycles. The minimum Gasteiger partial charge on any atom is -0.449 e. The summed E-state index contributed by atoms with van der Waals surface area (Å²) >= 11 is 0. The average molecular weight is 412 g/mol. The fourth-order valence-electron chi connectivity index (χ4n) is 2.92. The SMILES string of the molecule is Cc1ccc(C(=O)c2ccccc2C(=O)O[C@@H](C)C(=O)Nc2ccccc2C#N)cc1. The zero-order valence-electron chi connectivity index (χ0n) is 17.1. The van der Waals surface area contributed by atoms with Crippen LogP contribution in [0.4, 0.5) is 5.69 Å². The maximum Gasteiger partial charge on any atom is 0.339 e. The van der Waals surface area contributed by atoms with Gasteiger partial charge in [0.25, 0.3) is 5.91 Å². The minimum atomic E-state index is -1.14. The van der Waals surface area contributed by atoms with Gasteiger partial charge >= 0.3 is 5.97 Å². The lowest BCUT2D eigenvalue weighted by Crippen LogP contribution is -2.30. The summed E-state index contributed by atoms with van der Waals surface area (Å²) < 4.78 is 5.30. The first-order valence-electron chi connectivity index (χ1n) is 9.62. The molecule has 1 N–H and O–H groups in total. The first-order chi connectivity index (χ1) is 14.9. The number of anilines is 1. The molecule has 0 spiro atoms. The van der Waals surface area contributed by atoms with Gasteiger partial charge in [-0.05, 0) is 32.0 Å². The highest BCUT2D eigenvalue weighted by atomic mass is 16.5. The van der Waals surface area contributed by atoms with Gasteiger partial charge in [-0.3, -0.25) is 9.59 Å². The lowest BCUT2D eigenvalue weighted by atomic mass is 9.98. The molecule has 1 amide bonds. The molecule has 0 radical (unpaired) electrons. The lowest BCUT2D eigenvalue weighted by molar-refractivity contribution is -0.123. The number of para-hydroxylation sites is 1. The third kappa shape index (κ3) is 5.03. The standard InChI is InChI=1S/C25H20N2O4/c1-16-11-13-18(14-12-16)23(28)20-8-4-5-9-21(20)25(30)31-17(2)24(29)27-22-10-6-3-7-19(22)15-26/h3-14,17H,1-2H3,(H,27,29)/t17-/m0/s1. The van der Waals surface area contributed by atoms with E-state index in [2.05, 4.69) is 5.32 Å². The van der Waals surface area contributed by atoms with Crippen molar-refractivity contribution in [2.24, 2.45) is 0 Å². The molecule has 6 heteroatoms. The lowest BCUT2D eigenvalue weighted by Gasteiger charge is -2.15.